The molecule has 11 heavy (non-hydrogen) atoms. The van der Waals surface area contributed by atoms with Gasteiger partial charge in [-0.2, -0.15) is 5.32 Å². The summed E-state index contributed by atoms with van der Waals surface area (Å²) in [7, 11) is 0. The van der Waals surface area contributed by atoms with Crippen molar-refractivity contribution in [3.05, 3.63) is 23.9 Å². The molecule has 0 aliphatic carbocycles. The first-order valence-electron chi connectivity index (χ1n) is 3.55. The zero-order chi connectivity index (χ0) is 7.68. The highest BCUT2D eigenvalue weighted by Crippen LogP contribution is 2.18. The van der Waals surface area contributed by atoms with Crippen molar-refractivity contribution in [3.8, 4) is 0 Å². The highest BCUT2D eigenvalue weighted by molar-refractivity contribution is 5.82. The van der Waals surface area contributed by atoms with E-state index in [0.29, 0.717) is 12.2 Å². The minimum Gasteiger partial charge on any atom is -0.273 e. The lowest BCUT2D eigenvalue weighted by Crippen LogP contribution is -2.18. The number of aromatic nitrogens is 1. The van der Waals surface area contributed by atoms with Crippen LogP contribution in [0.1, 0.15) is 12.0 Å². The van der Waals surface area contributed by atoms with Crippen molar-refractivity contribution in [1.82, 2.24) is 10.3 Å². The first-order valence-corrected chi connectivity index (χ1v) is 3.55. The Bertz CT molecular complexity index is 296. The van der Waals surface area contributed by atoms with Crippen LogP contribution >= 0.6 is 0 Å². The molecule has 3 nitrogen and oxygen atoms in total. The Balaban J connectivity index is 2.41. The number of hydrogen-bond acceptors (Lipinski definition) is 2. The standard InChI is InChI=1S/C8H7N2O/c11-7-4-3-6-2-1-5-9-8(6)10-7/h1-2,5H,3-4H2. The van der Waals surface area contributed by atoms with Gasteiger partial charge >= 0.3 is 0 Å². The maximum Gasteiger partial charge on any atom is 0.248 e. The Labute approximate surface area is 64.5 Å². The predicted molar refractivity (Wildman–Crippen MR) is 39.4 cm³/mol. The Morgan fingerprint density at radius 3 is 3.18 bits per heavy atom. The number of carbonyl (C=O) groups excluding carboxylic acids is 1. The van der Waals surface area contributed by atoms with Gasteiger partial charge in [-0.3, -0.25) is 4.79 Å². The largest absolute Gasteiger partial charge is 0.273 e. The van der Waals surface area contributed by atoms with E-state index in [-0.39, 0.29) is 5.91 Å². The topological polar surface area (TPSA) is 44.1 Å². The van der Waals surface area contributed by atoms with Gasteiger partial charge in [0.15, 0.2) is 5.82 Å². The lowest BCUT2D eigenvalue weighted by molar-refractivity contribution is -0.120. The van der Waals surface area contributed by atoms with E-state index in [4.69, 9.17) is 0 Å². The number of fused-ring (bicyclic) bond motifs is 1. The van der Waals surface area contributed by atoms with Crippen LogP contribution in [0.15, 0.2) is 18.3 Å². The van der Waals surface area contributed by atoms with Crippen LogP contribution in [0, 0.1) is 0 Å². The maximum absolute atomic E-state index is 10.8. The molecule has 1 aliphatic rings. The fraction of sp³-hybridized carbons (Fsp3) is 0.250. The van der Waals surface area contributed by atoms with Crippen molar-refractivity contribution in [3.63, 3.8) is 0 Å². The Hall–Kier alpha value is -1.38. The molecule has 3 heteroatoms. The molecule has 0 unspecified atom stereocenters. The summed E-state index contributed by atoms with van der Waals surface area (Å²) in [5, 5.41) is 3.80. The van der Waals surface area contributed by atoms with Gasteiger partial charge in [0.2, 0.25) is 5.91 Å². The number of hydrogen-bond donors (Lipinski definition) is 0. The molecule has 0 spiro atoms. The van der Waals surface area contributed by atoms with Gasteiger partial charge in [0.05, 0.1) is 0 Å². The van der Waals surface area contributed by atoms with Crippen LogP contribution < -0.4 is 5.32 Å². The molecule has 0 fully saturated rings. The predicted octanol–water partition coefficient (Wildman–Crippen LogP) is 0.790. The summed E-state index contributed by atoms with van der Waals surface area (Å²) in [6.07, 6.45) is 2.96. The summed E-state index contributed by atoms with van der Waals surface area (Å²) >= 11 is 0. The second-order valence-corrected chi connectivity index (χ2v) is 2.49. The Morgan fingerprint density at radius 2 is 2.27 bits per heavy atom. The average molecular weight is 147 g/mol. The van der Waals surface area contributed by atoms with Crippen molar-refractivity contribution >= 4 is 11.7 Å². The highest BCUT2D eigenvalue weighted by Gasteiger charge is 2.16. The highest BCUT2D eigenvalue weighted by atomic mass is 16.1. The molecule has 1 aliphatic heterocycles. The number of rotatable bonds is 0. The molecular weight excluding hydrogens is 140 g/mol. The van der Waals surface area contributed by atoms with Crippen LogP contribution in [0.5, 0.6) is 0 Å². The Morgan fingerprint density at radius 1 is 1.36 bits per heavy atom. The summed E-state index contributed by atoms with van der Waals surface area (Å²) in [6, 6.07) is 3.82. The van der Waals surface area contributed by atoms with Crippen LogP contribution in [0.3, 0.4) is 0 Å². The lowest BCUT2D eigenvalue weighted by atomic mass is 10.1. The van der Waals surface area contributed by atoms with Crippen LogP contribution in [0.25, 0.3) is 0 Å². The molecule has 2 heterocycles. The number of carbonyl (C=O) groups is 1. The zero-order valence-corrected chi connectivity index (χ0v) is 5.95. The third kappa shape index (κ3) is 1.09. The number of nitrogens with zero attached hydrogens (tertiary/aromatic N) is 2. The molecule has 0 aromatic carbocycles. The van der Waals surface area contributed by atoms with Gasteiger partial charge in [-0.1, -0.05) is 6.07 Å². The zero-order valence-electron chi connectivity index (χ0n) is 5.95. The van der Waals surface area contributed by atoms with Crippen LogP contribution in [0.2, 0.25) is 0 Å². The third-order valence-corrected chi connectivity index (χ3v) is 1.71. The molecule has 1 aromatic rings. The third-order valence-electron chi connectivity index (χ3n) is 1.71. The van der Waals surface area contributed by atoms with Crippen LogP contribution in [0.4, 0.5) is 5.82 Å². The molecule has 1 aromatic heterocycles. The molecule has 1 amide bonds. The SMILES string of the molecule is O=C1CCc2cccnc2[N]1. The fourth-order valence-electron chi connectivity index (χ4n) is 1.14. The van der Waals surface area contributed by atoms with E-state index >= 15 is 0 Å². The quantitative estimate of drug-likeness (QED) is 0.544. The first-order chi connectivity index (χ1) is 5.36. The molecule has 55 valence electrons. The van der Waals surface area contributed by atoms with E-state index in [0.717, 1.165) is 12.0 Å². The molecular formula is C8H7N2O. The summed E-state index contributed by atoms with van der Waals surface area (Å²) in [5.74, 6) is 0.542. The molecule has 0 N–H and O–H groups in total. The van der Waals surface area contributed by atoms with Gasteiger partial charge in [-0.05, 0) is 18.1 Å². The maximum atomic E-state index is 10.8. The summed E-state index contributed by atoms with van der Waals surface area (Å²) in [5.41, 5.74) is 1.08. The normalized spacial score (nSPS) is 15.5. The molecule has 0 bridgehead atoms. The minimum absolute atomic E-state index is 0.0591. The number of amides is 1. The average Bonchev–Trinajstić information content (AvgIpc) is 2.04. The van der Waals surface area contributed by atoms with Gasteiger partial charge in [0, 0.05) is 12.6 Å². The van der Waals surface area contributed by atoms with Crippen LogP contribution in [-0.4, -0.2) is 10.9 Å². The van der Waals surface area contributed by atoms with Gasteiger partial charge in [-0.25, -0.2) is 4.98 Å². The summed E-state index contributed by atoms with van der Waals surface area (Å²) < 4.78 is 0. The molecule has 1 radical (unpaired) electrons. The molecule has 0 saturated carbocycles. The van der Waals surface area contributed by atoms with Crippen molar-refractivity contribution in [2.75, 3.05) is 0 Å². The molecule has 0 saturated heterocycles. The van der Waals surface area contributed by atoms with Gasteiger partial charge in [0.25, 0.3) is 0 Å². The van der Waals surface area contributed by atoms with Gasteiger partial charge in [0.1, 0.15) is 0 Å². The Kier molecular flexibility index (Phi) is 1.35. The number of aryl methyl sites for hydroxylation is 1. The van der Waals surface area contributed by atoms with E-state index in [1.54, 1.807) is 6.20 Å². The van der Waals surface area contributed by atoms with Gasteiger partial charge < -0.3 is 0 Å². The van der Waals surface area contributed by atoms with Crippen molar-refractivity contribution in [1.29, 1.82) is 0 Å². The van der Waals surface area contributed by atoms with Gasteiger partial charge in [-0.15, -0.1) is 0 Å². The summed E-state index contributed by atoms with van der Waals surface area (Å²) in [6.45, 7) is 0. The van der Waals surface area contributed by atoms with E-state index in [1.165, 1.54) is 0 Å². The van der Waals surface area contributed by atoms with Crippen molar-refractivity contribution in [2.24, 2.45) is 0 Å². The first kappa shape index (κ1) is 6.34. The van der Waals surface area contributed by atoms with E-state index in [2.05, 4.69) is 10.3 Å². The van der Waals surface area contributed by atoms with E-state index < -0.39 is 0 Å². The minimum atomic E-state index is -0.0591. The van der Waals surface area contributed by atoms with Crippen LogP contribution in [-0.2, 0) is 11.2 Å². The fourth-order valence-corrected chi connectivity index (χ4v) is 1.14. The summed E-state index contributed by atoms with van der Waals surface area (Å²) in [4.78, 5) is 14.8. The van der Waals surface area contributed by atoms with E-state index in [1.807, 2.05) is 12.1 Å². The second kappa shape index (κ2) is 2.34. The lowest BCUT2D eigenvalue weighted by Gasteiger charge is -2.11. The molecule has 2 rings (SSSR count). The van der Waals surface area contributed by atoms with E-state index in [9.17, 15) is 4.79 Å². The monoisotopic (exact) mass is 147 g/mol. The second-order valence-electron chi connectivity index (χ2n) is 2.49. The van der Waals surface area contributed by atoms with Crippen molar-refractivity contribution < 1.29 is 4.79 Å². The molecule has 0 atom stereocenters. The van der Waals surface area contributed by atoms with Crippen molar-refractivity contribution in [2.45, 2.75) is 12.8 Å². The number of pyridine rings is 1. The smallest absolute Gasteiger partial charge is 0.248 e.